The van der Waals surface area contributed by atoms with E-state index in [0.717, 1.165) is 26.4 Å². The molecule has 1 aromatic heterocycles. The third kappa shape index (κ3) is 4.33. The van der Waals surface area contributed by atoms with Gasteiger partial charge in [-0.05, 0) is 73.5 Å². The lowest BCUT2D eigenvalue weighted by atomic mass is 10.2. The number of anilines is 2. The zero-order valence-electron chi connectivity index (χ0n) is 16.0. The molecule has 0 aliphatic carbocycles. The number of aromatic nitrogens is 1. The molecule has 0 atom stereocenters. The monoisotopic (exact) mass is 401 g/mol. The van der Waals surface area contributed by atoms with Crippen LogP contribution < -0.4 is 10.6 Å². The number of amides is 2. The summed E-state index contributed by atoms with van der Waals surface area (Å²) in [6, 6.07) is 20.8. The number of fused-ring (bicyclic) bond motifs is 1. The van der Waals surface area contributed by atoms with Gasteiger partial charge in [0.25, 0.3) is 0 Å². The van der Waals surface area contributed by atoms with E-state index in [1.807, 2.05) is 43.3 Å². The van der Waals surface area contributed by atoms with Crippen molar-refractivity contribution in [2.45, 2.75) is 13.8 Å². The molecule has 5 nitrogen and oxygen atoms in total. The van der Waals surface area contributed by atoms with E-state index in [2.05, 4.69) is 28.6 Å². The van der Waals surface area contributed by atoms with Crippen LogP contribution in [0.1, 0.15) is 11.1 Å². The molecule has 6 heteroatoms. The minimum atomic E-state index is -0.713. The average molecular weight is 401 g/mol. The number of aryl methyl sites for hydroxylation is 2. The molecule has 144 valence electrons. The molecule has 0 radical (unpaired) electrons. The highest BCUT2D eigenvalue weighted by atomic mass is 32.1. The number of nitrogens with one attached hydrogen (secondary N) is 2. The van der Waals surface area contributed by atoms with Gasteiger partial charge in [0, 0.05) is 16.9 Å². The van der Waals surface area contributed by atoms with Crippen LogP contribution in [0.2, 0.25) is 0 Å². The van der Waals surface area contributed by atoms with Crippen LogP contribution in [0, 0.1) is 13.8 Å². The van der Waals surface area contributed by atoms with E-state index < -0.39 is 11.8 Å². The Morgan fingerprint density at radius 1 is 0.793 bits per heavy atom. The minimum absolute atomic E-state index is 0.551. The third-order valence-electron chi connectivity index (χ3n) is 4.42. The lowest BCUT2D eigenvalue weighted by Crippen LogP contribution is -2.29. The largest absolute Gasteiger partial charge is 0.318 e. The molecule has 0 unspecified atom stereocenters. The maximum Gasteiger partial charge on any atom is 0.314 e. The Bertz CT molecular complexity index is 1210. The van der Waals surface area contributed by atoms with E-state index >= 15 is 0 Å². The van der Waals surface area contributed by atoms with E-state index in [1.165, 1.54) is 5.56 Å². The summed E-state index contributed by atoms with van der Waals surface area (Å²) in [4.78, 5) is 28.9. The van der Waals surface area contributed by atoms with Crippen LogP contribution in [0.5, 0.6) is 0 Å². The molecule has 3 aromatic carbocycles. The quantitative estimate of drug-likeness (QED) is 0.466. The molecule has 4 aromatic rings. The van der Waals surface area contributed by atoms with Crippen molar-refractivity contribution in [1.29, 1.82) is 0 Å². The van der Waals surface area contributed by atoms with Gasteiger partial charge in [0.1, 0.15) is 5.01 Å². The van der Waals surface area contributed by atoms with Crippen LogP contribution >= 0.6 is 11.3 Å². The lowest BCUT2D eigenvalue weighted by Gasteiger charge is -2.07. The van der Waals surface area contributed by atoms with Crippen molar-refractivity contribution in [3.63, 3.8) is 0 Å². The Labute approximate surface area is 172 Å². The molecule has 4 rings (SSSR count). The van der Waals surface area contributed by atoms with E-state index in [-0.39, 0.29) is 0 Å². The van der Waals surface area contributed by atoms with Crippen molar-refractivity contribution in [3.05, 3.63) is 77.9 Å². The number of thiazole rings is 1. The molecule has 0 fully saturated rings. The van der Waals surface area contributed by atoms with Gasteiger partial charge in [0.15, 0.2) is 0 Å². The van der Waals surface area contributed by atoms with Crippen LogP contribution in [-0.4, -0.2) is 16.8 Å². The summed E-state index contributed by atoms with van der Waals surface area (Å²) in [5, 5.41) is 6.14. The molecule has 0 aliphatic heterocycles. The molecule has 2 N–H and O–H groups in total. The number of hydrogen-bond donors (Lipinski definition) is 2. The topological polar surface area (TPSA) is 71.1 Å². The van der Waals surface area contributed by atoms with E-state index in [1.54, 1.807) is 35.6 Å². The maximum absolute atomic E-state index is 12.2. The van der Waals surface area contributed by atoms with E-state index in [4.69, 9.17) is 0 Å². The second-order valence-electron chi connectivity index (χ2n) is 6.85. The van der Waals surface area contributed by atoms with E-state index in [9.17, 15) is 9.59 Å². The Balaban J connectivity index is 1.44. The Hall–Kier alpha value is -3.51. The fourth-order valence-electron chi connectivity index (χ4n) is 2.95. The lowest BCUT2D eigenvalue weighted by molar-refractivity contribution is -0.132. The third-order valence-corrected chi connectivity index (χ3v) is 5.48. The highest BCUT2D eigenvalue weighted by Gasteiger charge is 2.14. The Kier molecular flexibility index (Phi) is 5.10. The van der Waals surface area contributed by atoms with Gasteiger partial charge in [-0.1, -0.05) is 18.2 Å². The molecule has 0 saturated carbocycles. The SMILES string of the molecule is Cc1cccc(NC(=O)C(=O)Nc2ccc(-c3nc4ccc(C)cc4s3)cc2)c1. The molecular weight excluding hydrogens is 382 g/mol. The van der Waals surface area contributed by atoms with E-state index in [0.29, 0.717) is 11.4 Å². The first-order valence-corrected chi connectivity index (χ1v) is 9.96. The number of rotatable bonds is 3. The molecular formula is C23H19N3O2S. The molecule has 1 heterocycles. The van der Waals surface area contributed by atoms with Gasteiger partial charge in [-0.3, -0.25) is 9.59 Å². The highest BCUT2D eigenvalue weighted by molar-refractivity contribution is 7.21. The van der Waals surface area contributed by atoms with Crippen molar-refractivity contribution in [2.75, 3.05) is 10.6 Å². The summed E-state index contributed by atoms with van der Waals surface area (Å²) in [5.74, 6) is -1.42. The predicted molar refractivity (Wildman–Crippen MR) is 118 cm³/mol. The fourth-order valence-corrected chi connectivity index (χ4v) is 4.02. The summed E-state index contributed by atoms with van der Waals surface area (Å²) in [7, 11) is 0. The van der Waals surface area contributed by atoms with Gasteiger partial charge in [-0.2, -0.15) is 0 Å². The zero-order chi connectivity index (χ0) is 20.4. The molecule has 0 aliphatic rings. The molecule has 29 heavy (non-hydrogen) atoms. The second kappa shape index (κ2) is 7.85. The van der Waals surface area contributed by atoms with Gasteiger partial charge in [0.05, 0.1) is 10.2 Å². The molecule has 0 bridgehead atoms. The van der Waals surface area contributed by atoms with Gasteiger partial charge < -0.3 is 10.6 Å². The van der Waals surface area contributed by atoms with Crippen molar-refractivity contribution < 1.29 is 9.59 Å². The van der Waals surface area contributed by atoms with Gasteiger partial charge in [0.2, 0.25) is 0 Å². The maximum atomic E-state index is 12.2. The smallest absolute Gasteiger partial charge is 0.314 e. The summed E-state index contributed by atoms with van der Waals surface area (Å²) < 4.78 is 1.14. The van der Waals surface area contributed by atoms with Crippen LogP contribution in [0.15, 0.2) is 66.7 Å². The van der Waals surface area contributed by atoms with Crippen LogP contribution in [0.3, 0.4) is 0 Å². The number of carbonyl (C=O) groups excluding carboxylic acids is 2. The average Bonchev–Trinajstić information content (AvgIpc) is 3.11. The van der Waals surface area contributed by atoms with Crippen LogP contribution in [0.25, 0.3) is 20.8 Å². The van der Waals surface area contributed by atoms with Crippen molar-refractivity contribution in [2.24, 2.45) is 0 Å². The highest BCUT2D eigenvalue weighted by Crippen LogP contribution is 2.31. The summed E-state index contributed by atoms with van der Waals surface area (Å²) in [5.41, 5.74) is 5.28. The molecule has 0 spiro atoms. The second-order valence-corrected chi connectivity index (χ2v) is 7.88. The first kappa shape index (κ1) is 18.8. The van der Waals surface area contributed by atoms with Crippen molar-refractivity contribution in [3.8, 4) is 10.6 Å². The normalized spacial score (nSPS) is 10.7. The number of carbonyl (C=O) groups is 2. The first-order valence-electron chi connectivity index (χ1n) is 9.14. The summed E-state index contributed by atoms with van der Waals surface area (Å²) in [6.07, 6.45) is 0. The molecule has 2 amide bonds. The number of nitrogens with zero attached hydrogens (tertiary/aromatic N) is 1. The van der Waals surface area contributed by atoms with Crippen molar-refractivity contribution in [1.82, 2.24) is 4.98 Å². The number of benzene rings is 3. The van der Waals surface area contributed by atoms with Crippen LogP contribution in [-0.2, 0) is 9.59 Å². The van der Waals surface area contributed by atoms with Gasteiger partial charge >= 0.3 is 11.8 Å². The fraction of sp³-hybridized carbons (Fsp3) is 0.0870. The standard InChI is InChI=1S/C23H19N3O2S/c1-14-4-3-5-18(12-14)25-22(28)21(27)24-17-9-7-16(8-10-17)23-26-19-11-6-15(2)13-20(19)29-23/h3-13H,1-2H3,(H,24,27)(H,25,28). The van der Waals surface area contributed by atoms with Crippen LogP contribution in [0.4, 0.5) is 11.4 Å². The zero-order valence-corrected chi connectivity index (χ0v) is 16.8. The van der Waals surface area contributed by atoms with Gasteiger partial charge in [-0.15, -0.1) is 11.3 Å². The van der Waals surface area contributed by atoms with Crippen molar-refractivity contribution >= 4 is 44.7 Å². The number of hydrogen-bond acceptors (Lipinski definition) is 4. The Morgan fingerprint density at radius 2 is 1.48 bits per heavy atom. The first-order chi connectivity index (χ1) is 14.0. The predicted octanol–water partition coefficient (Wildman–Crippen LogP) is 5.16. The summed E-state index contributed by atoms with van der Waals surface area (Å²) in [6.45, 7) is 3.98. The Morgan fingerprint density at radius 3 is 2.21 bits per heavy atom. The minimum Gasteiger partial charge on any atom is -0.318 e. The summed E-state index contributed by atoms with van der Waals surface area (Å²) >= 11 is 1.63. The molecule has 0 saturated heterocycles. The van der Waals surface area contributed by atoms with Gasteiger partial charge in [-0.25, -0.2) is 4.98 Å².